The maximum Gasteiger partial charge on any atom is 0.319 e. The summed E-state index contributed by atoms with van der Waals surface area (Å²) in [6, 6.07) is 6.10. The van der Waals surface area contributed by atoms with Crippen LogP contribution in [0.4, 0.5) is 19.4 Å². The van der Waals surface area contributed by atoms with E-state index >= 15 is 0 Å². The number of urea groups is 1. The highest BCUT2D eigenvalue weighted by Gasteiger charge is 2.47. The maximum absolute atomic E-state index is 13.5. The number of carbonyl (C=O) groups excluding carboxylic acids is 1. The number of rotatable bonds is 6. The van der Waals surface area contributed by atoms with Crippen molar-refractivity contribution in [1.82, 2.24) is 39.3 Å². The Hall–Kier alpha value is -4.01. The molecule has 4 aromatic rings. The van der Waals surface area contributed by atoms with Crippen LogP contribution >= 0.6 is 11.3 Å². The summed E-state index contributed by atoms with van der Waals surface area (Å²) in [6.45, 7) is 4.83. The first-order chi connectivity index (χ1) is 20.4. The van der Waals surface area contributed by atoms with E-state index in [2.05, 4.69) is 29.8 Å². The van der Waals surface area contributed by atoms with Gasteiger partial charge >= 0.3 is 6.03 Å². The lowest BCUT2D eigenvalue weighted by atomic mass is 10.1. The quantitative estimate of drug-likeness (QED) is 0.338. The highest BCUT2D eigenvalue weighted by Crippen LogP contribution is 2.40. The van der Waals surface area contributed by atoms with Crippen LogP contribution in [0.5, 0.6) is 0 Å². The van der Waals surface area contributed by atoms with Crippen molar-refractivity contribution in [1.29, 1.82) is 5.26 Å². The van der Waals surface area contributed by atoms with Gasteiger partial charge in [-0.1, -0.05) is 17.4 Å². The van der Waals surface area contributed by atoms with Gasteiger partial charge < -0.3 is 14.7 Å². The molecule has 226 valence electrons. The van der Waals surface area contributed by atoms with Gasteiger partial charge in [-0.15, -0.1) is 10.2 Å². The Morgan fingerprint density at radius 1 is 1.19 bits per heavy atom. The van der Waals surface area contributed by atoms with E-state index in [4.69, 9.17) is 0 Å². The standard InChI is InChI=1S/C26H28F2N10O3S2/c1-14-11-37(25(39)35(3)4)15(2)10-36(14)21-19-17-6-5-16(43(40,41)34-26(12-29)7-8-26)9-18(17)38(22(19)31-13-30-21)24-33-32-23(42-24)20(27)28/h5-6,9,13-15,20,34H,7-8,10-11H2,1-4H3. The van der Waals surface area contributed by atoms with E-state index in [1.165, 1.54) is 27.9 Å². The van der Waals surface area contributed by atoms with Crippen LogP contribution in [0.3, 0.4) is 0 Å². The molecule has 1 aliphatic heterocycles. The summed E-state index contributed by atoms with van der Waals surface area (Å²) in [5.74, 6) is 0.554. The van der Waals surface area contributed by atoms with Gasteiger partial charge in [0.05, 0.1) is 21.9 Å². The van der Waals surface area contributed by atoms with Gasteiger partial charge in [0.2, 0.25) is 15.2 Å². The number of nitrogens with one attached hydrogen (secondary N) is 1. The number of carbonyl (C=O) groups is 1. The topological polar surface area (TPSA) is 153 Å². The lowest BCUT2D eigenvalue weighted by Gasteiger charge is -2.45. The van der Waals surface area contributed by atoms with Crippen molar-refractivity contribution in [2.75, 3.05) is 32.1 Å². The average Bonchev–Trinajstić information content (AvgIpc) is 3.41. The second-order valence-electron chi connectivity index (χ2n) is 11.1. The molecule has 6 rings (SSSR count). The third-order valence-corrected chi connectivity index (χ3v) is 10.2. The van der Waals surface area contributed by atoms with Crippen molar-refractivity contribution < 1.29 is 22.0 Å². The molecule has 0 radical (unpaired) electrons. The maximum atomic E-state index is 13.5. The number of nitriles is 1. The summed E-state index contributed by atoms with van der Waals surface area (Å²) in [4.78, 5) is 27.2. The zero-order valence-corrected chi connectivity index (χ0v) is 25.3. The van der Waals surface area contributed by atoms with Crippen LogP contribution in [0.25, 0.3) is 27.1 Å². The molecular formula is C26H28F2N10O3S2. The molecule has 2 atom stereocenters. The summed E-state index contributed by atoms with van der Waals surface area (Å²) in [5, 5.41) is 17.8. The third-order valence-electron chi connectivity index (χ3n) is 7.80. The zero-order valence-electron chi connectivity index (χ0n) is 23.7. The fourth-order valence-corrected chi connectivity index (χ4v) is 7.52. The van der Waals surface area contributed by atoms with Crippen LogP contribution in [0.1, 0.15) is 38.1 Å². The van der Waals surface area contributed by atoms with Crippen molar-refractivity contribution in [2.45, 2.75) is 55.6 Å². The lowest BCUT2D eigenvalue weighted by molar-refractivity contribution is 0.137. The molecule has 3 aromatic heterocycles. The summed E-state index contributed by atoms with van der Waals surface area (Å²) in [6.07, 6.45) is -0.654. The van der Waals surface area contributed by atoms with Gasteiger partial charge in [-0.2, -0.15) is 9.98 Å². The van der Waals surface area contributed by atoms with Crippen LogP contribution in [-0.4, -0.2) is 93.8 Å². The van der Waals surface area contributed by atoms with E-state index in [0.717, 1.165) is 0 Å². The molecule has 43 heavy (non-hydrogen) atoms. The summed E-state index contributed by atoms with van der Waals surface area (Å²) >= 11 is 0.674. The number of anilines is 1. The van der Waals surface area contributed by atoms with Gasteiger partial charge in [0.1, 0.15) is 17.7 Å². The molecule has 1 aromatic carbocycles. The smallest absolute Gasteiger partial charge is 0.319 e. The van der Waals surface area contributed by atoms with Gasteiger partial charge in [-0.25, -0.2) is 32.0 Å². The number of hydrogen-bond acceptors (Lipinski definition) is 10. The molecule has 1 aliphatic carbocycles. The minimum atomic E-state index is -4.10. The second-order valence-corrected chi connectivity index (χ2v) is 13.8. The largest absolute Gasteiger partial charge is 0.349 e. The minimum absolute atomic E-state index is 0.0842. The predicted octanol–water partition coefficient (Wildman–Crippen LogP) is 3.28. The van der Waals surface area contributed by atoms with Gasteiger partial charge in [0.25, 0.3) is 6.43 Å². The van der Waals surface area contributed by atoms with Crippen LogP contribution in [0.2, 0.25) is 0 Å². The Morgan fingerprint density at radius 2 is 1.93 bits per heavy atom. The molecule has 1 saturated heterocycles. The van der Waals surface area contributed by atoms with E-state index < -0.39 is 27.0 Å². The molecule has 0 spiro atoms. The van der Waals surface area contributed by atoms with Crippen molar-refractivity contribution >= 4 is 55.1 Å². The van der Waals surface area contributed by atoms with E-state index in [1.54, 1.807) is 25.1 Å². The van der Waals surface area contributed by atoms with Crippen LogP contribution in [0.15, 0.2) is 29.4 Å². The van der Waals surface area contributed by atoms with E-state index in [9.17, 15) is 27.3 Å². The third kappa shape index (κ3) is 4.92. The van der Waals surface area contributed by atoms with Crippen molar-refractivity contribution in [3.8, 4) is 11.2 Å². The van der Waals surface area contributed by atoms with Crippen LogP contribution < -0.4 is 9.62 Å². The molecule has 2 amide bonds. The van der Waals surface area contributed by atoms with Crippen LogP contribution in [0, 0.1) is 11.3 Å². The molecular weight excluding hydrogens is 602 g/mol. The first-order valence-corrected chi connectivity index (χ1v) is 15.8. The number of piperazine rings is 1. The monoisotopic (exact) mass is 630 g/mol. The number of benzene rings is 1. The Balaban J connectivity index is 1.53. The molecule has 2 unspecified atom stereocenters. The Kier molecular flexibility index (Phi) is 6.98. The van der Waals surface area contributed by atoms with Gasteiger partial charge in [-0.05, 0) is 38.8 Å². The Labute approximate surface area is 249 Å². The molecule has 0 bridgehead atoms. The molecule has 2 aliphatic rings. The minimum Gasteiger partial charge on any atom is -0.349 e. The Bertz CT molecular complexity index is 1900. The van der Waals surface area contributed by atoms with Crippen LogP contribution in [-0.2, 0) is 10.0 Å². The summed E-state index contributed by atoms with van der Waals surface area (Å²) in [7, 11) is -0.688. The molecule has 1 saturated carbocycles. The lowest BCUT2D eigenvalue weighted by Crippen LogP contribution is -2.60. The number of amides is 2. The van der Waals surface area contributed by atoms with Crippen molar-refractivity contribution in [3.63, 3.8) is 0 Å². The van der Waals surface area contributed by atoms with E-state index in [1.807, 2.05) is 19.9 Å². The fourth-order valence-electron chi connectivity index (χ4n) is 5.41. The van der Waals surface area contributed by atoms with E-state index in [0.29, 0.717) is 65.0 Å². The number of halogens is 2. The van der Waals surface area contributed by atoms with Gasteiger partial charge in [0.15, 0.2) is 10.7 Å². The van der Waals surface area contributed by atoms with Crippen molar-refractivity contribution in [3.05, 3.63) is 29.5 Å². The number of hydrogen-bond donors (Lipinski definition) is 1. The first-order valence-electron chi connectivity index (χ1n) is 13.5. The molecule has 2 fully saturated rings. The summed E-state index contributed by atoms with van der Waals surface area (Å²) in [5.41, 5.74) is -0.449. The van der Waals surface area contributed by atoms with Gasteiger partial charge in [-0.3, -0.25) is 4.57 Å². The predicted molar refractivity (Wildman–Crippen MR) is 155 cm³/mol. The fraction of sp³-hybridized carbons (Fsp3) is 0.462. The molecule has 13 nitrogen and oxygen atoms in total. The second kappa shape index (κ2) is 10.3. The van der Waals surface area contributed by atoms with Crippen molar-refractivity contribution in [2.24, 2.45) is 0 Å². The zero-order chi connectivity index (χ0) is 30.8. The highest BCUT2D eigenvalue weighted by atomic mass is 32.2. The number of sulfonamides is 1. The highest BCUT2D eigenvalue weighted by molar-refractivity contribution is 7.89. The number of aromatic nitrogens is 5. The summed E-state index contributed by atoms with van der Waals surface area (Å²) < 4.78 is 57.6. The van der Waals surface area contributed by atoms with Gasteiger partial charge in [0, 0.05) is 44.7 Å². The SMILES string of the molecule is CC1CN(c2ncnc3c2c2ccc(S(=O)(=O)NC4(C#N)CC4)cc2n3-c2nnc(C(F)F)s2)C(C)CN1C(=O)N(C)C. The number of fused-ring (bicyclic) bond motifs is 3. The normalized spacial score (nSPS) is 20.1. The number of nitrogens with zero attached hydrogens (tertiary/aromatic N) is 9. The average molecular weight is 631 g/mol. The molecule has 1 N–H and O–H groups in total. The molecule has 17 heteroatoms. The number of alkyl halides is 2. The first kappa shape index (κ1) is 29.1. The Morgan fingerprint density at radius 3 is 2.56 bits per heavy atom. The molecule has 4 heterocycles. The van der Waals surface area contributed by atoms with E-state index in [-0.39, 0.29) is 28.1 Å².